The van der Waals surface area contributed by atoms with E-state index in [0.29, 0.717) is 11.6 Å². The van der Waals surface area contributed by atoms with Crippen LogP contribution in [0.5, 0.6) is 0 Å². The SMILES string of the molecule is C[C@H](Nc1ccccn1)C(=O)O.C[C@H](Nc1ccccn1)C(=O)O. The number of carboxylic acids is 2. The Morgan fingerprint density at radius 1 is 0.833 bits per heavy atom. The van der Waals surface area contributed by atoms with Crippen molar-refractivity contribution in [2.75, 3.05) is 10.6 Å². The highest BCUT2D eigenvalue weighted by molar-refractivity contribution is 5.76. The predicted molar refractivity (Wildman–Crippen MR) is 89.9 cm³/mol. The fourth-order valence-corrected chi connectivity index (χ4v) is 1.46. The topological polar surface area (TPSA) is 124 Å². The maximum Gasteiger partial charge on any atom is 0.325 e. The molecule has 8 heteroatoms. The maximum absolute atomic E-state index is 10.4. The molecule has 2 aromatic rings. The number of nitrogens with zero attached hydrogens (tertiary/aromatic N) is 2. The van der Waals surface area contributed by atoms with Crippen LogP contribution in [0, 0.1) is 0 Å². The molecule has 0 amide bonds. The third kappa shape index (κ3) is 7.21. The van der Waals surface area contributed by atoms with E-state index in [4.69, 9.17) is 10.2 Å². The van der Waals surface area contributed by atoms with Gasteiger partial charge in [-0.25, -0.2) is 9.97 Å². The number of hydrogen-bond acceptors (Lipinski definition) is 6. The van der Waals surface area contributed by atoms with Gasteiger partial charge in [0.15, 0.2) is 0 Å². The highest BCUT2D eigenvalue weighted by Crippen LogP contribution is 2.02. The molecule has 0 aromatic carbocycles. The summed E-state index contributed by atoms with van der Waals surface area (Å²) in [6.07, 6.45) is 3.22. The van der Waals surface area contributed by atoms with Crippen LogP contribution in [-0.4, -0.2) is 44.2 Å². The van der Waals surface area contributed by atoms with Gasteiger partial charge in [0, 0.05) is 12.4 Å². The number of pyridine rings is 2. The number of carboxylic acid groups (broad SMARTS) is 2. The third-order valence-corrected chi connectivity index (χ3v) is 2.80. The molecule has 0 unspecified atom stereocenters. The summed E-state index contributed by atoms with van der Waals surface area (Å²) in [5.41, 5.74) is 0. The van der Waals surface area contributed by atoms with Gasteiger partial charge in [-0.1, -0.05) is 12.1 Å². The van der Waals surface area contributed by atoms with Crippen LogP contribution in [0.15, 0.2) is 48.8 Å². The van der Waals surface area contributed by atoms with E-state index >= 15 is 0 Å². The highest BCUT2D eigenvalue weighted by atomic mass is 16.4. The molecule has 2 rings (SSSR count). The molecular weight excluding hydrogens is 312 g/mol. The van der Waals surface area contributed by atoms with Gasteiger partial charge in [-0.2, -0.15) is 0 Å². The molecular formula is C16H20N4O4. The first-order valence-corrected chi connectivity index (χ1v) is 7.21. The molecule has 2 aromatic heterocycles. The molecule has 0 aliphatic heterocycles. The van der Waals surface area contributed by atoms with Crippen LogP contribution in [-0.2, 0) is 9.59 Å². The fraction of sp³-hybridized carbons (Fsp3) is 0.250. The van der Waals surface area contributed by atoms with E-state index < -0.39 is 24.0 Å². The summed E-state index contributed by atoms with van der Waals surface area (Å²) in [4.78, 5) is 28.7. The summed E-state index contributed by atoms with van der Waals surface area (Å²) < 4.78 is 0. The maximum atomic E-state index is 10.4. The van der Waals surface area contributed by atoms with E-state index in [-0.39, 0.29) is 0 Å². The number of aromatic nitrogens is 2. The summed E-state index contributed by atoms with van der Waals surface area (Å²) in [5.74, 6) is -0.624. The molecule has 128 valence electrons. The highest BCUT2D eigenvalue weighted by Gasteiger charge is 2.10. The van der Waals surface area contributed by atoms with Crippen molar-refractivity contribution in [3.63, 3.8) is 0 Å². The van der Waals surface area contributed by atoms with Crippen LogP contribution in [0.25, 0.3) is 0 Å². The molecule has 0 fully saturated rings. The van der Waals surface area contributed by atoms with Crippen LogP contribution >= 0.6 is 0 Å². The van der Waals surface area contributed by atoms with Gasteiger partial charge in [0.05, 0.1) is 0 Å². The van der Waals surface area contributed by atoms with Gasteiger partial charge < -0.3 is 20.8 Å². The smallest absolute Gasteiger partial charge is 0.325 e. The average Bonchev–Trinajstić information content (AvgIpc) is 2.57. The quantitative estimate of drug-likeness (QED) is 0.632. The third-order valence-electron chi connectivity index (χ3n) is 2.80. The number of rotatable bonds is 6. The second kappa shape index (κ2) is 9.78. The minimum atomic E-state index is -0.888. The van der Waals surface area contributed by atoms with Crippen LogP contribution in [0.3, 0.4) is 0 Å². The second-order valence-corrected chi connectivity index (χ2v) is 4.84. The molecule has 2 atom stereocenters. The van der Waals surface area contributed by atoms with E-state index in [0.717, 1.165) is 0 Å². The number of nitrogens with one attached hydrogen (secondary N) is 2. The first kappa shape index (κ1) is 18.9. The first-order valence-electron chi connectivity index (χ1n) is 7.21. The lowest BCUT2D eigenvalue weighted by Crippen LogP contribution is -2.25. The Hall–Kier alpha value is -3.16. The molecule has 0 bridgehead atoms. The summed E-state index contributed by atoms with van der Waals surface area (Å²) >= 11 is 0. The lowest BCUT2D eigenvalue weighted by molar-refractivity contribution is -0.138. The second-order valence-electron chi connectivity index (χ2n) is 4.84. The molecule has 2 heterocycles. The molecule has 8 nitrogen and oxygen atoms in total. The number of carbonyl (C=O) groups is 2. The van der Waals surface area contributed by atoms with E-state index in [2.05, 4.69) is 20.6 Å². The van der Waals surface area contributed by atoms with Gasteiger partial charge in [0.2, 0.25) is 0 Å². The van der Waals surface area contributed by atoms with E-state index in [9.17, 15) is 9.59 Å². The number of anilines is 2. The lowest BCUT2D eigenvalue weighted by atomic mass is 10.3. The Morgan fingerprint density at radius 2 is 1.21 bits per heavy atom. The van der Waals surface area contributed by atoms with Crippen molar-refractivity contribution < 1.29 is 19.8 Å². The monoisotopic (exact) mass is 332 g/mol. The van der Waals surface area contributed by atoms with Gasteiger partial charge in [-0.15, -0.1) is 0 Å². The van der Waals surface area contributed by atoms with Gasteiger partial charge in [-0.3, -0.25) is 9.59 Å². The molecule has 4 N–H and O–H groups in total. The summed E-state index contributed by atoms with van der Waals surface area (Å²) in [5, 5.41) is 22.6. The van der Waals surface area contributed by atoms with E-state index in [1.165, 1.54) is 0 Å². The van der Waals surface area contributed by atoms with E-state index in [1.807, 2.05) is 0 Å². The molecule has 0 aliphatic rings. The van der Waals surface area contributed by atoms with Crippen molar-refractivity contribution >= 4 is 23.6 Å². The largest absolute Gasteiger partial charge is 0.480 e. The number of hydrogen-bond donors (Lipinski definition) is 4. The fourth-order valence-electron chi connectivity index (χ4n) is 1.46. The predicted octanol–water partition coefficient (Wildman–Crippen LogP) is 1.93. The zero-order valence-corrected chi connectivity index (χ0v) is 13.4. The van der Waals surface area contributed by atoms with Gasteiger partial charge in [0.1, 0.15) is 23.7 Å². The Labute approximate surface area is 139 Å². The van der Waals surface area contributed by atoms with Crippen molar-refractivity contribution in [3.05, 3.63) is 48.8 Å². The Kier molecular flexibility index (Phi) is 7.69. The summed E-state index contributed by atoms with van der Waals surface area (Å²) in [7, 11) is 0. The standard InChI is InChI=1S/2C8H10N2O2/c2*1-6(8(11)12)10-7-4-2-3-5-9-7/h2*2-6H,1H3,(H,9,10)(H,11,12)/t2*6-/m00/s1. The molecule has 0 spiro atoms. The Balaban J connectivity index is 0.000000240. The van der Waals surface area contributed by atoms with Crippen LogP contribution in [0.2, 0.25) is 0 Å². The average molecular weight is 332 g/mol. The van der Waals surface area contributed by atoms with Crippen molar-refractivity contribution in [1.82, 2.24) is 9.97 Å². The molecule has 0 radical (unpaired) electrons. The zero-order chi connectivity index (χ0) is 17.9. The van der Waals surface area contributed by atoms with Crippen molar-refractivity contribution in [3.8, 4) is 0 Å². The lowest BCUT2D eigenvalue weighted by Gasteiger charge is -2.08. The first-order chi connectivity index (χ1) is 11.4. The van der Waals surface area contributed by atoms with Crippen molar-refractivity contribution in [1.29, 1.82) is 0 Å². The van der Waals surface area contributed by atoms with Gasteiger partial charge in [-0.05, 0) is 38.1 Å². The normalized spacial score (nSPS) is 12.1. The summed E-state index contributed by atoms with van der Waals surface area (Å²) in [6.45, 7) is 3.13. The van der Waals surface area contributed by atoms with Crippen molar-refractivity contribution in [2.45, 2.75) is 25.9 Å². The minimum Gasteiger partial charge on any atom is -0.480 e. The zero-order valence-electron chi connectivity index (χ0n) is 13.4. The molecule has 0 saturated carbocycles. The van der Waals surface area contributed by atoms with Gasteiger partial charge in [0.25, 0.3) is 0 Å². The van der Waals surface area contributed by atoms with Crippen LogP contribution < -0.4 is 10.6 Å². The summed E-state index contributed by atoms with van der Waals surface area (Å²) in [6, 6.07) is 9.36. The van der Waals surface area contributed by atoms with Crippen LogP contribution in [0.1, 0.15) is 13.8 Å². The van der Waals surface area contributed by atoms with Crippen molar-refractivity contribution in [2.24, 2.45) is 0 Å². The van der Waals surface area contributed by atoms with Gasteiger partial charge >= 0.3 is 11.9 Å². The van der Waals surface area contributed by atoms with Crippen LogP contribution in [0.4, 0.5) is 11.6 Å². The minimum absolute atomic E-state index is 0.576. The van der Waals surface area contributed by atoms with E-state index in [1.54, 1.807) is 62.6 Å². The Morgan fingerprint density at radius 3 is 1.46 bits per heavy atom. The molecule has 0 aliphatic carbocycles. The molecule has 0 saturated heterocycles. The number of aliphatic carboxylic acids is 2. The Bertz CT molecular complexity index is 580. The molecule has 24 heavy (non-hydrogen) atoms.